The number of carbonyl (C=O) groups is 1. The zero-order valence-corrected chi connectivity index (χ0v) is 9.22. The van der Waals surface area contributed by atoms with E-state index in [9.17, 15) is 4.79 Å². The second-order valence-electron chi connectivity index (χ2n) is 4.51. The van der Waals surface area contributed by atoms with Crippen LogP contribution in [0.25, 0.3) is 0 Å². The Balaban J connectivity index is 2.78. The maximum atomic E-state index is 11.8. The summed E-state index contributed by atoms with van der Waals surface area (Å²) in [6.07, 6.45) is 2.99. The molecular weight excluding hydrogens is 162 g/mol. The summed E-state index contributed by atoms with van der Waals surface area (Å²) in [4.78, 5) is 13.8. The van der Waals surface area contributed by atoms with Gasteiger partial charge in [-0.25, -0.2) is 0 Å². The lowest BCUT2D eigenvalue weighted by atomic mass is 9.81. The Labute approximate surface area is 80.6 Å². The molecular formula is C11H19NO. The molecule has 1 saturated heterocycles. The number of allylic oxidation sites excluding steroid dienone is 1. The zero-order valence-electron chi connectivity index (χ0n) is 9.22. The molecule has 1 amide bonds. The van der Waals surface area contributed by atoms with Crippen molar-refractivity contribution >= 4 is 5.91 Å². The van der Waals surface area contributed by atoms with Crippen LogP contribution in [0.3, 0.4) is 0 Å². The quantitative estimate of drug-likeness (QED) is 0.569. The van der Waals surface area contributed by atoms with E-state index in [1.165, 1.54) is 0 Å². The molecule has 0 saturated carbocycles. The van der Waals surface area contributed by atoms with E-state index in [0.717, 1.165) is 12.0 Å². The highest BCUT2D eigenvalue weighted by atomic mass is 16.2. The second-order valence-corrected chi connectivity index (χ2v) is 4.51. The lowest BCUT2D eigenvalue weighted by Crippen LogP contribution is -2.63. The van der Waals surface area contributed by atoms with Crippen LogP contribution in [0.2, 0.25) is 0 Å². The molecule has 0 aromatic carbocycles. The van der Waals surface area contributed by atoms with Crippen LogP contribution < -0.4 is 0 Å². The highest BCUT2D eigenvalue weighted by molar-refractivity contribution is 5.94. The zero-order chi connectivity index (χ0) is 10.2. The smallest absolute Gasteiger partial charge is 0.249 e. The minimum absolute atomic E-state index is 0.0563. The first-order chi connectivity index (χ1) is 5.90. The van der Waals surface area contributed by atoms with E-state index < -0.39 is 0 Å². The fraction of sp³-hybridized carbons (Fsp3) is 0.727. The third-order valence-electron chi connectivity index (χ3n) is 2.88. The summed E-state index contributed by atoms with van der Waals surface area (Å²) in [5.74, 6) is 0.186. The van der Waals surface area contributed by atoms with Crippen LogP contribution in [0, 0.1) is 0 Å². The maximum Gasteiger partial charge on any atom is 0.249 e. The van der Waals surface area contributed by atoms with Crippen molar-refractivity contribution in [1.82, 2.24) is 4.90 Å². The van der Waals surface area contributed by atoms with Crippen molar-refractivity contribution in [1.29, 1.82) is 0 Å². The van der Waals surface area contributed by atoms with E-state index in [4.69, 9.17) is 0 Å². The van der Waals surface area contributed by atoms with E-state index in [0.29, 0.717) is 6.04 Å². The van der Waals surface area contributed by atoms with E-state index in [1.807, 2.05) is 24.8 Å². The summed E-state index contributed by atoms with van der Waals surface area (Å²) in [6.45, 7) is 10.1. The molecule has 0 aromatic rings. The van der Waals surface area contributed by atoms with Gasteiger partial charge in [-0.05, 0) is 41.0 Å². The number of hydrogen-bond donors (Lipinski definition) is 0. The SMILES string of the molecule is C/C=C(/C)C(=O)N1C(C)CC1(C)C. The molecule has 1 heterocycles. The fourth-order valence-corrected chi connectivity index (χ4v) is 2.19. The first kappa shape index (κ1) is 10.3. The van der Waals surface area contributed by atoms with Crippen molar-refractivity contribution in [2.45, 2.75) is 52.6 Å². The van der Waals surface area contributed by atoms with Crippen LogP contribution in [-0.2, 0) is 4.79 Å². The Bertz CT molecular complexity index is 253. The molecule has 1 unspecified atom stereocenters. The van der Waals surface area contributed by atoms with Crippen molar-refractivity contribution in [2.75, 3.05) is 0 Å². The van der Waals surface area contributed by atoms with E-state index in [1.54, 1.807) is 0 Å². The van der Waals surface area contributed by atoms with Crippen LogP contribution in [0.4, 0.5) is 0 Å². The standard InChI is InChI=1S/C11H19NO/c1-6-8(2)10(13)12-9(3)7-11(12,4)5/h6,9H,7H2,1-5H3/b8-6-. The third kappa shape index (κ3) is 1.62. The first-order valence-electron chi connectivity index (χ1n) is 4.86. The van der Waals surface area contributed by atoms with Crippen LogP contribution in [0.1, 0.15) is 41.0 Å². The highest BCUT2D eigenvalue weighted by Gasteiger charge is 2.45. The minimum atomic E-state index is 0.0563. The number of nitrogens with zero attached hydrogens (tertiary/aromatic N) is 1. The lowest BCUT2D eigenvalue weighted by molar-refractivity contribution is -0.147. The monoisotopic (exact) mass is 181 g/mol. The Morgan fingerprint density at radius 2 is 2.08 bits per heavy atom. The number of likely N-dealkylation sites (tertiary alicyclic amines) is 1. The third-order valence-corrected chi connectivity index (χ3v) is 2.88. The van der Waals surface area contributed by atoms with E-state index >= 15 is 0 Å². The Morgan fingerprint density at radius 1 is 1.54 bits per heavy atom. The Morgan fingerprint density at radius 3 is 2.38 bits per heavy atom. The molecule has 0 N–H and O–H groups in total. The summed E-state index contributed by atoms with van der Waals surface area (Å²) >= 11 is 0. The van der Waals surface area contributed by atoms with Crippen LogP contribution >= 0.6 is 0 Å². The highest BCUT2D eigenvalue weighted by Crippen LogP contribution is 2.36. The Kier molecular flexibility index (Phi) is 2.51. The Hall–Kier alpha value is -0.790. The molecule has 0 radical (unpaired) electrons. The molecule has 1 aliphatic rings. The number of hydrogen-bond acceptors (Lipinski definition) is 1. The second kappa shape index (κ2) is 3.17. The van der Waals surface area contributed by atoms with Gasteiger partial charge in [0.15, 0.2) is 0 Å². The molecule has 1 fully saturated rings. The predicted molar refractivity (Wildman–Crippen MR) is 54.4 cm³/mol. The van der Waals surface area contributed by atoms with Gasteiger partial charge in [0.05, 0.1) is 0 Å². The van der Waals surface area contributed by atoms with Gasteiger partial charge >= 0.3 is 0 Å². The van der Waals surface area contributed by atoms with Gasteiger partial charge in [0.2, 0.25) is 5.91 Å². The largest absolute Gasteiger partial charge is 0.331 e. The predicted octanol–water partition coefficient (Wildman–Crippen LogP) is 2.35. The van der Waals surface area contributed by atoms with Crippen LogP contribution in [0.15, 0.2) is 11.6 Å². The average molecular weight is 181 g/mol. The molecule has 1 aliphatic heterocycles. The maximum absolute atomic E-state index is 11.8. The summed E-state index contributed by atoms with van der Waals surface area (Å²) in [5.41, 5.74) is 0.903. The van der Waals surface area contributed by atoms with Gasteiger partial charge in [-0.15, -0.1) is 0 Å². The van der Waals surface area contributed by atoms with Gasteiger partial charge in [0.1, 0.15) is 0 Å². The summed E-state index contributed by atoms with van der Waals surface area (Å²) < 4.78 is 0. The molecule has 0 aliphatic carbocycles. The molecule has 0 aromatic heterocycles. The van der Waals surface area contributed by atoms with Crippen molar-refractivity contribution in [3.63, 3.8) is 0 Å². The fourth-order valence-electron chi connectivity index (χ4n) is 2.19. The number of amides is 1. The van der Waals surface area contributed by atoms with Gasteiger partial charge in [0.25, 0.3) is 0 Å². The van der Waals surface area contributed by atoms with Crippen LogP contribution in [0.5, 0.6) is 0 Å². The molecule has 0 bridgehead atoms. The molecule has 0 spiro atoms. The average Bonchev–Trinajstić information content (AvgIpc) is 2.00. The van der Waals surface area contributed by atoms with Gasteiger partial charge in [-0.2, -0.15) is 0 Å². The number of carbonyl (C=O) groups excluding carboxylic acids is 1. The molecule has 74 valence electrons. The molecule has 1 atom stereocenters. The van der Waals surface area contributed by atoms with Crippen molar-refractivity contribution < 1.29 is 4.79 Å². The molecule has 13 heavy (non-hydrogen) atoms. The first-order valence-corrected chi connectivity index (χ1v) is 4.86. The van der Waals surface area contributed by atoms with Crippen molar-refractivity contribution in [2.24, 2.45) is 0 Å². The lowest BCUT2D eigenvalue weighted by Gasteiger charge is -2.54. The molecule has 2 heteroatoms. The minimum Gasteiger partial charge on any atom is -0.331 e. The molecule has 2 nitrogen and oxygen atoms in total. The van der Waals surface area contributed by atoms with Crippen molar-refractivity contribution in [3.8, 4) is 0 Å². The van der Waals surface area contributed by atoms with Gasteiger partial charge < -0.3 is 4.90 Å². The van der Waals surface area contributed by atoms with E-state index in [2.05, 4.69) is 20.8 Å². The van der Waals surface area contributed by atoms with Gasteiger partial charge in [-0.1, -0.05) is 6.08 Å². The number of rotatable bonds is 1. The van der Waals surface area contributed by atoms with Gasteiger partial charge in [0, 0.05) is 17.2 Å². The molecule has 1 rings (SSSR count). The van der Waals surface area contributed by atoms with Crippen LogP contribution in [-0.4, -0.2) is 22.4 Å². The van der Waals surface area contributed by atoms with Crippen molar-refractivity contribution in [3.05, 3.63) is 11.6 Å². The topological polar surface area (TPSA) is 20.3 Å². The summed E-state index contributed by atoms with van der Waals surface area (Å²) in [5, 5.41) is 0. The van der Waals surface area contributed by atoms with E-state index in [-0.39, 0.29) is 11.4 Å². The summed E-state index contributed by atoms with van der Waals surface area (Å²) in [7, 11) is 0. The normalized spacial score (nSPS) is 27.0. The summed E-state index contributed by atoms with van der Waals surface area (Å²) in [6, 6.07) is 0.400. The van der Waals surface area contributed by atoms with Gasteiger partial charge in [-0.3, -0.25) is 4.79 Å².